The van der Waals surface area contributed by atoms with Crippen LogP contribution in [0, 0.1) is 5.92 Å². The zero-order chi connectivity index (χ0) is 27.2. The average Bonchev–Trinajstić information content (AvgIpc) is 3.52. The number of aliphatic hydroxyl groups is 1. The summed E-state index contributed by atoms with van der Waals surface area (Å²) >= 11 is 10.1. The van der Waals surface area contributed by atoms with Crippen molar-refractivity contribution in [1.29, 1.82) is 0 Å². The number of nitrogens with one attached hydrogen (secondary N) is 1. The summed E-state index contributed by atoms with van der Waals surface area (Å²) in [6.45, 7) is 6.10. The van der Waals surface area contributed by atoms with Crippen LogP contribution < -0.4 is 22.3 Å². The smallest absolute Gasteiger partial charge is 0.414 e. The maximum absolute atomic E-state index is 12.3. The van der Waals surface area contributed by atoms with Gasteiger partial charge in [-0.25, -0.2) is 4.79 Å². The molecular weight excluding hydrogens is 662 g/mol. The number of hydrogen-bond acceptors (Lipinski definition) is 6. The number of carbonyl (C=O) groups excluding carboxylic acids is 2. The molecule has 1 heterocycles. The second kappa shape index (κ2) is 14.8. The van der Waals surface area contributed by atoms with Gasteiger partial charge in [0.1, 0.15) is 40.8 Å². The van der Waals surface area contributed by atoms with Crippen LogP contribution in [-0.4, -0.2) is 71.1 Å². The lowest BCUT2D eigenvalue weighted by Gasteiger charge is -2.47. The number of aryl methyl sites for hydroxylation is 1. The first-order valence-electron chi connectivity index (χ1n) is 12.5. The third kappa shape index (κ3) is 8.69. The number of imide groups is 1. The Morgan fingerprint density at radius 2 is 2.00 bits per heavy atom. The predicted octanol–water partition coefficient (Wildman–Crippen LogP) is 1.34. The highest BCUT2D eigenvalue weighted by Gasteiger charge is 2.68. The third-order valence-corrected chi connectivity index (χ3v) is 9.30. The van der Waals surface area contributed by atoms with E-state index in [1.807, 2.05) is 32.9 Å². The summed E-state index contributed by atoms with van der Waals surface area (Å²) in [7, 11) is 1.56. The Morgan fingerprint density at radius 3 is 2.61 bits per heavy atom. The highest BCUT2D eigenvalue weighted by atomic mass is 79.9. The maximum atomic E-state index is 12.3. The van der Waals surface area contributed by atoms with E-state index in [4.69, 9.17) is 25.8 Å². The molecule has 2 aliphatic rings. The van der Waals surface area contributed by atoms with Crippen LogP contribution in [0.5, 0.6) is 0 Å². The molecule has 2 amide bonds. The van der Waals surface area contributed by atoms with Crippen LogP contribution in [-0.2, 0) is 37.2 Å². The predicted molar refractivity (Wildman–Crippen MR) is 151 cm³/mol. The Balaban J connectivity index is 0.00000507. The number of alkyl halides is 1. The molecule has 2 N–H and O–H groups in total. The molecule has 3 rings (SSSR count). The summed E-state index contributed by atoms with van der Waals surface area (Å²) in [5, 5.41) is 14.2. The lowest BCUT2D eigenvalue weighted by molar-refractivity contribution is -0.170. The Labute approximate surface area is 253 Å². The van der Waals surface area contributed by atoms with Gasteiger partial charge >= 0.3 is 6.09 Å². The van der Waals surface area contributed by atoms with Crippen molar-refractivity contribution < 1.29 is 45.9 Å². The van der Waals surface area contributed by atoms with Crippen molar-refractivity contribution in [3.8, 4) is 0 Å². The number of allylic oxidation sites excluding steroid dienone is 1. The molecule has 0 spiro atoms. The van der Waals surface area contributed by atoms with Crippen molar-refractivity contribution in [1.82, 2.24) is 5.32 Å². The number of benzene rings is 1. The van der Waals surface area contributed by atoms with Crippen molar-refractivity contribution >= 4 is 51.3 Å². The van der Waals surface area contributed by atoms with Gasteiger partial charge in [0.05, 0.1) is 12.0 Å². The van der Waals surface area contributed by atoms with Crippen LogP contribution in [0.4, 0.5) is 4.79 Å². The zero-order valence-corrected chi connectivity index (χ0v) is 27.0. The van der Waals surface area contributed by atoms with Crippen molar-refractivity contribution in [3.05, 3.63) is 46.0 Å². The number of ether oxygens (including phenoxy) is 3. The highest BCUT2D eigenvalue weighted by Crippen LogP contribution is 2.54. The van der Waals surface area contributed by atoms with Crippen LogP contribution in [0.1, 0.15) is 45.6 Å². The Hall–Kier alpha value is -0.620. The molecule has 1 aromatic rings. The van der Waals surface area contributed by atoms with Crippen molar-refractivity contribution in [3.63, 3.8) is 0 Å². The van der Waals surface area contributed by atoms with E-state index in [2.05, 4.69) is 39.5 Å². The highest BCUT2D eigenvalue weighted by molar-refractivity contribution is 9.10. The molecule has 1 saturated heterocycles. The van der Waals surface area contributed by atoms with Crippen LogP contribution in [0.25, 0.3) is 0 Å². The topological polar surface area (TPSA) is 97.4 Å². The molecular formula is C27H38Br2ClNO6S. The molecule has 6 atom stereocenters. The van der Waals surface area contributed by atoms with Gasteiger partial charge in [-0.2, -0.15) is 0 Å². The third-order valence-electron chi connectivity index (χ3n) is 7.22. The molecule has 214 valence electrons. The fraction of sp³-hybridized carbons (Fsp3) is 0.630. The minimum absolute atomic E-state index is 0. The van der Waals surface area contributed by atoms with Crippen molar-refractivity contribution in [2.45, 2.75) is 76.0 Å². The number of alkyl carbamates (subject to hydrolysis) is 1. The van der Waals surface area contributed by atoms with E-state index in [0.29, 0.717) is 18.6 Å². The molecule has 1 aliphatic carbocycles. The van der Waals surface area contributed by atoms with E-state index in [1.165, 1.54) is 11.1 Å². The second-order valence-corrected chi connectivity index (χ2v) is 12.6. The van der Waals surface area contributed by atoms with Gasteiger partial charge in [0.25, 0.3) is 0 Å². The number of hydrogen-bond donors (Lipinski definition) is 2. The molecule has 1 aromatic carbocycles. The zero-order valence-electron chi connectivity index (χ0n) is 22.2. The number of carbonyl (C=O) groups is 2. The standard InChI is InChI=1S/C27H37BrClNO6S.BrH/c1-17(2)5-10-21-26(3,36-21)24-23(34-4)20(35-25(32)30-22(31)15-29)11-13-27(24,33)16-37-14-12-18-6-8-19(28)9-7-18;/h5-9,20-21,23-24,33H,10-16H2,1-4H3,(H,30,31,32);1H. The first-order valence-corrected chi connectivity index (χ1v) is 15.1. The Kier molecular flexibility index (Phi) is 13.1. The molecule has 1 saturated carbocycles. The summed E-state index contributed by atoms with van der Waals surface area (Å²) in [5.41, 5.74) is 0.766. The van der Waals surface area contributed by atoms with Gasteiger partial charge in [-0.3, -0.25) is 10.1 Å². The fourth-order valence-electron chi connectivity index (χ4n) is 5.30. The lowest BCUT2D eigenvalue weighted by Crippen LogP contribution is -3.00. The number of halogens is 3. The fourth-order valence-corrected chi connectivity index (χ4v) is 6.95. The van der Waals surface area contributed by atoms with E-state index >= 15 is 0 Å². The minimum Gasteiger partial charge on any atom is -1.00 e. The Bertz CT molecular complexity index is 979. The molecule has 0 bridgehead atoms. The van der Waals surface area contributed by atoms with Gasteiger partial charge in [0, 0.05) is 18.0 Å². The number of thiol groups is 1. The van der Waals surface area contributed by atoms with E-state index in [1.54, 1.807) is 7.11 Å². The van der Waals surface area contributed by atoms with Crippen molar-refractivity contribution in [2.75, 3.05) is 24.5 Å². The van der Waals surface area contributed by atoms with Crippen LogP contribution in [0.15, 0.2) is 40.4 Å². The van der Waals surface area contributed by atoms with E-state index in [0.717, 1.165) is 34.8 Å². The monoisotopic (exact) mass is 697 g/mol. The van der Waals surface area contributed by atoms with Crippen LogP contribution in [0.3, 0.4) is 0 Å². The molecule has 7 nitrogen and oxygen atoms in total. The van der Waals surface area contributed by atoms with Gasteiger partial charge in [-0.05, 0) is 69.5 Å². The van der Waals surface area contributed by atoms with E-state index in [9.17, 15) is 14.7 Å². The van der Waals surface area contributed by atoms with E-state index < -0.39 is 41.3 Å². The number of epoxide rings is 1. The molecule has 0 aromatic heterocycles. The lowest BCUT2D eigenvalue weighted by atomic mass is 9.66. The molecule has 11 heteroatoms. The molecule has 38 heavy (non-hydrogen) atoms. The van der Waals surface area contributed by atoms with Gasteiger partial charge in [-0.1, -0.05) is 39.7 Å². The summed E-state index contributed by atoms with van der Waals surface area (Å²) < 4.78 is 18.8. The largest absolute Gasteiger partial charge is 1.00 e. The first-order chi connectivity index (χ1) is 17.5. The Morgan fingerprint density at radius 1 is 1.32 bits per heavy atom. The number of methoxy groups -OCH3 is 1. The van der Waals surface area contributed by atoms with Crippen LogP contribution in [0.2, 0.25) is 0 Å². The number of amides is 2. The van der Waals surface area contributed by atoms with Gasteiger partial charge < -0.3 is 36.3 Å². The second-order valence-electron chi connectivity index (χ2n) is 10.2. The summed E-state index contributed by atoms with van der Waals surface area (Å²) in [5.74, 6) is 0.0825. The van der Waals surface area contributed by atoms with Gasteiger partial charge in [0.15, 0.2) is 0 Å². The quantitative estimate of drug-likeness (QED) is 0.0905. The SMILES string of the molecule is COC1C(OC(=O)NC(=O)CCl)CCC(O)(C[SH+]CCc2ccc(Br)cc2)C1C1(C)OC1CC=C(C)C.[Br-]. The molecule has 2 fully saturated rings. The van der Waals surface area contributed by atoms with Gasteiger partial charge in [0.2, 0.25) is 5.91 Å². The van der Waals surface area contributed by atoms with E-state index in [-0.39, 0.29) is 29.0 Å². The van der Waals surface area contributed by atoms with Crippen molar-refractivity contribution in [2.24, 2.45) is 5.92 Å². The summed E-state index contributed by atoms with van der Waals surface area (Å²) in [6, 6.07) is 8.28. The average molecular weight is 700 g/mol. The summed E-state index contributed by atoms with van der Waals surface area (Å²) in [6.07, 6.45) is 2.46. The summed E-state index contributed by atoms with van der Waals surface area (Å²) in [4.78, 5) is 23.9. The first kappa shape index (κ1) is 33.6. The van der Waals surface area contributed by atoms with Crippen LogP contribution >= 0.6 is 27.5 Å². The maximum Gasteiger partial charge on any atom is 0.414 e. The molecule has 0 radical (unpaired) electrons. The minimum atomic E-state index is -1.06. The molecule has 1 aliphatic heterocycles. The van der Waals surface area contributed by atoms with Gasteiger partial charge in [-0.15, -0.1) is 11.6 Å². The number of rotatable bonds is 11. The molecule has 6 unspecified atom stereocenters. The normalized spacial score (nSPS) is 30.1.